The summed E-state index contributed by atoms with van der Waals surface area (Å²) >= 11 is 0. The molecule has 8 heteroatoms. The van der Waals surface area contributed by atoms with Crippen molar-refractivity contribution < 1.29 is 18.3 Å². The molecule has 2 heterocycles. The van der Waals surface area contributed by atoms with E-state index in [2.05, 4.69) is 4.98 Å². The maximum Gasteiger partial charge on any atom is 0.255 e. The van der Waals surface area contributed by atoms with E-state index in [-0.39, 0.29) is 25.6 Å². The van der Waals surface area contributed by atoms with Gasteiger partial charge in [-0.25, -0.2) is 8.42 Å². The quantitative estimate of drug-likeness (QED) is 0.806. The summed E-state index contributed by atoms with van der Waals surface area (Å²) in [5, 5.41) is 8.91. The lowest BCUT2D eigenvalue weighted by Gasteiger charge is -2.28. The molecular weight excluding hydrogens is 294 g/mol. The molecule has 1 N–H and O–H groups in total. The topological polar surface area (TPSA) is 90.8 Å². The van der Waals surface area contributed by atoms with E-state index in [0.717, 1.165) is 11.1 Å². The van der Waals surface area contributed by atoms with Crippen molar-refractivity contribution >= 4 is 15.9 Å². The zero-order valence-corrected chi connectivity index (χ0v) is 12.9. The first-order valence-corrected chi connectivity index (χ1v) is 8.46. The maximum absolute atomic E-state index is 12.3. The van der Waals surface area contributed by atoms with Gasteiger partial charge in [0, 0.05) is 39.1 Å². The number of carbonyl (C=O) groups is 1. The Kier molecular flexibility index (Phi) is 4.60. The summed E-state index contributed by atoms with van der Waals surface area (Å²) in [6, 6.07) is 0. The van der Waals surface area contributed by atoms with Gasteiger partial charge < -0.3 is 10.0 Å². The fourth-order valence-corrected chi connectivity index (χ4v) is 3.19. The lowest BCUT2D eigenvalue weighted by molar-refractivity contribution is 0.0765. The van der Waals surface area contributed by atoms with Crippen LogP contribution >= 0.6 is 0 Å². The Balaban J connectivity index is 2.31. The lowest BCUT2D eigenvalue weighted by Crippen LogP contribution is -2.37. The Morgan fingerprint density at radius 1 is 1.48 bits per heavy atom. The molecule has 0 saturated carbocycles. The Bertz CT molecular complexity index is 645. The van der Waals surface area contributed by atoms with Gasteiger partial charge in [-0.2, -0.15) is 4.31 Å². The van der Waals surface area contributed by atoms with E-state index >= 15 is 0 Å². The third-order valence-electron chi connectivity index (χ3n) is 3.59. The first-order chi connectivity index (χ1) is 9.84. The van der Waals surface area contributed by atoms with Gasteiger partial charge in [-0.15, -0.1) is 0 Å². The number of aliphatic hydroxyl groups is 1. The molecule has 1 aliphatic heterocycles. The van der Waals surface area contributed by atoms with Gasteiger partial charge in [-0.3, -0.25) is 9.78 Å². The van der Waals surface area contributed by atoms with E-state index in [1.165, 1.54) is 21.7 Å². The van der Waals surface area contributed by atoms with Crippen LogP contribution < -0.4 is 0 Å². The van der Waals surface area contributed by atoms with Crippen LogP contribution in [0.15, 0.2) is 12.4 Å². The number of rotatable bonds is 4. The molecule has 1 amide bonds. The van der Waals surface area contributed by atoms with Crippen LogP contribution in [0.4, 0.5) is 0 Å². The molecule has 1 aromatic heterocycles. The number of hydrogen-bond donors (Lipinski definition) is 1. The summed E-state index contributed by atoms with van der Waals surface area (Å²) in [5.41, 5.74) is 2.09. The zero-order valence-electron chi connectivity index (χ0n) is 12.1. The van der Waals surface area contributed by atoms with Crippen LogP contribution in [0.3, 0.4) is 0 Å². The zero-order chi connectivity index (χ0) is 15.6. The molecule has 1 aromatic rings. The van der Waals surface area contributed by atoms with E-state index in [1.807, 2.05) is 0 Å². The van der Waals surface area contributed by atoms with Crippen LogP contribution in [0.1, 0.15) is 21.5 Å². The van der Waals surface area contributed by atoms with Gasteiger partial charge in [0.25, 0.3) is 5.91 Å². The van der Waals surface area contributed by atoms with Gasteiger partial charge in [0.2, 0.25) is 10.0 Å². The summed E-state index contributed by atoms with van der Waals surface area (Å²) in [6.07, 6.45) is 4.77. The number of fused-ring (bicyclic) bond motifs is 1. The summed E-state index contributed by atoms with van der Waals surface area (Å²) in [4.78, 5) is 17.8. The summed E-state index contributed by atoms with van der Waals surface area (Å²) < 4.78 is 24.6. The molecule has 0 saturated heterocycles. The van der Waals surface area contributed by atoms with Crippen LogP contribution in [-0.4, -0.2) is 66.6 Å². The molecule has 21 heavy (non-hydrogen) atoms. The molecule has 0 unspecified atom stereocenters. The van der Waals surface area contributed by atoms with Crippen molar-refractivity contribution in [2.75, 3.05) is 33.0 Å². The molecule has 7 nitrogen and oxygen atoms in total. The fourth-order valence-electron chi connectivity index (χ4n) is 2.39. The Labute approximate surface area is 124 Å². The molecule has 0 aromatic carbocycles. The average Bonchev–Trinajstić information content (AvgIpc) is 2.44. The third kappa shape index (κ3) is 3.39. The summed E-state index contributed by atoms with van der Waals surface area (Å²) in [5.74, 6) is -0.207. The van der Waals surface area contributed by atoms with Crippen LogP contribution in [0, 0.1) is 0 Å². The number of aliphatic hydroxyl groups excluding tert-OH is 1. The minimum Gasteiger partial charge on any atom is -0.395 e. The van der Waals surface area contributed by atoms with Gasteiger partial charge >= 0.3 is 0 Å². The largest absolute Gasteiger partial charge is 0.395 e. The van der Waals surface area contributed by atoms with Crippen LogP contribution in [0.25, 0.3) is 0 Å². The number of carbonyl (C=O) groups excluding carboxylic acids is 1. The number of sulfonamides is 1. The Hall–Kier alpha value is -1.51. The Morgan fingerprint density at radius 3 is 2.81 bits per heavy atom. The normalized spacial score (nSPS) is 15.6. The van der Waals surface area contributed by atoms with Gasteiger partial charge in [-0.05, 0) is 17.5 Å². The molecule has 0 atom stereocenters. The minimum atomic E-state index is -3.25. The van der Waals surface area contributed by atoms with Crippen molar-refractivity contribution in [2.24, 2.45) is 0 Å². The Morgan fingerprint density at radius 2 is 2.19 bits per heavy atom. The van der Waals surface area contributed by atoms with Gasteiger partial charge in [0.15, 0.2) is 0 Å². The molecular formula is C13H19N3O4S. The van der Waals surface area contributed by atoms with Crippen molar-refractivity contribution in [1.29, 1.82) is 0 Å². The van der Waals surface area contributed by atoms with Crippen LogP contribution in [-0.2, 0) is 23.0 Å². The van der Waals surface area contributed by atoms with Gasteiger partial charge in [0.1, 0.15) is 0 Å². The highest BCUT2D eigenvalue weighted by atomic mass is 32.2. The number of amides is 1. The van der Waals surface area contributed by atoms with E-state index in [1.54, 1.807) is 13.2 Å². The van der Waals surface area contributed by atoms with E-state index < -0.39 is 10.0 Å². The molecule has 0 bridgehead atoms. The molecule has 0 spiro atoms. The van der Waals surface area contributed by atoms with Crippen molar-refractivity contribution in [1.82, 2.24) is 14.2 Å². The molecule has 2 rings (SSSR count). The minimum absolute atomic E-state index is 0.105. The molecule has 116 valence electrons. The van der Waals surface area contributed by atoms with Crippen molar-refractivity contribution in [2.45, 2.75) is 13.0 Å². The number of hydrogen-bond acceptors (Lipinski definition) is 5. The summed E-state index contributed by atoms with van der Waals surface area (Å²) in [6.45, 7) is 0.746. The predicted octanol–water partition coefficient (Wildman–Crippen LogP) is -0.536. The number of likely N-dealkylation sites (N-methyl/N-ethyl adjacent to an activating group) is 1. The first kappa shape index (κ1) is 15.9. The maximum atomic E-state index is 12.3. The van der Waals surface area contributed by atoms with Crippen LogP contribution in [0.5, 0.6) is 0 Å². The second-order valence-corrected chi connectivity index (χ2v) is 7.10. The van der Waals surface area contributed by atoms with Crippen molar-refractivity contribution in [3.63, 3.8) is 0 Å². The highest BCUT2D eigenvalue weighted by Gasteiger charge is 2.27. The number of aromatic nitrogens is 1. The standard InChI is InChI=1S/C13H19N3O4S/c1-15(5-6-17)13(18)12-8-14-7-10-9-16(21(2,19)20)4-3-11(10)12/h7-8,17H,3-6,9H2,1-2H3. The van der Waals surface area contributed by atoms with Crippen molar-refractivity contribution in [3.8, 4) is 0 Å². The van der Waals surface area contributed by atoms with Gasteiger partial charge in [0.05, 0.1) is 18.4 Å². The molecule has 0 aliphatic carbocycles. The SMILES string of the molecule is CN(CCO)C(=O)c1cncc2c1CCN(S(C)(=O)=O)C2. The lowest BCUT2D eigenvalue weighted by atomic mass is 9.97. The highest BCUT2D eigenvalue weighted by molar-refractivity contribution is 7.88. The second kappa shape index (κ2) is 6.08. The van der Waals surface area contributed by atoms with E-state index in [9.17, 15) is 13.2 Å². The third-order valence-corrected chi connectivity index (χ3v) is 4.84. The van der Waals surface area contributed by atoms with Crippen molar-refractivity contribution in [3.05, 3.63) is 29.1 Å². The number of pyridine rings is 1. The van der Waals surface area contributed by atoms with Crippen LogP contribution in [0.2, 0.25) is 0 Å². The summed E-state index contributed by atoms with van der Waals surface area (Å²) in [7, 11) is -1.63. The first-order valence-electron chi connectivity index (χ1n) is 6.61. The monoisotopic (exact) mass is 313 g/mol. The fraction of sp³-hybridized carbons (Fsp3) is 0.538. The van der Waals surface area contributed by atoms with Gasteiger partial charge in [-0.1, -0.05) is 0 Å². The predicted molar refractivity (Wildman–Crippen MR) is 77.2 cm³/mol. The molecule has 0 fully saturated rings. The number of nitrogens with zero attached hydrogens (tertiary/aromatic N) is 3. The molecule has 0 radical (unpaired) electrons. The second-order valence-electron chi connectivity index (χ2n) is 5.12. The average molecular weight is 313 g/mol. The smallest absolute Gasteiger partial charge is 0.255 e. The highest BCUT2D eigenvalue weighted by Crippen LogP contribution is 2.23. The molecule has 1 aliphatic rings. The van der Waals surface area contributed by atoms with E-state index in [0.29, 0.717) is 18.5 Å². The van der Waals surface area contributed by atoms with E-state index in [4.69, 9.17) is 5.11 Å².